The normalized spacial score (nSPS) is 17.0. The minimum atomic E-state index is -0.299. The summed E-state index contributed by atoms with van der Waals surface area (Å²) in [6, 6.07) is 1.83. The summed E-state index contributed by atoms with van der Waals surface area (Å²) in [4.78, 5) is 24.4. The van der Waals surface area contributed by atoms with E-state index in [2.05, 4.69) is 6.58 Å². The second-order valence-electron chi connectivity index (χ2n) is 5.58. The third-order valence-electron chi connectivity index (χ3n) is 3.34. The molecule has 1 rings (SSSR count). The monoisotopic (exact) mass is 380 g/mol. The predicted octanol–water partition coefficient (Wildman–Crippen LogP) is 2.81. The van der Waals surface area contributed by atoms with E-state index in [9.17, 15) is 9.59 Å². The van der Waals surface area contributed by atoms with Crippen molar-refractivity contribution in [2.24, 2.45) is 0 Å². The number of rotatable bonds is 7. The van der Waals surface area contributed by atoms with Crippen molar-refractivity contribution in [1.29, 1.82) is 5.26 Å². The second-order valence-corrected chi connectivity index (χ2v) is 7.64. The molecule has 5 nitrogen and oxygen atoms in total. The Labute approximate surface area is 158 Å². The fourth-order valence-electron chi connectivity index (χ4n) is 1.99. The highest BCUT2D eigenvalue weighted by Gasteiger charge is 2.14. The lowest BCUT2D eigenvalue weighted by atomic mass is 10.2. The topological polar surface area (TPSA) is 70.4 Å². The molecular formula is C18H24N2O3S2. The van der Waals surface area contributed by atoms with Crippen LogP contribution >= 0.6 is 23.5 Å². The molecule has 0 radical (unpaired) electrons. The smallest absolute Gasteiger partial charge is 0.223 e. The first-order chi connectivity index (χ1) is 11.9. The first kappa shape index (κ1) is 21.6. The van der Waals surface area contributed by atoms with E-state index in [1.54, 1.807) is 6.20 Å². The summed E-state index contributed by atoms with van der Waals surface area (Å²) in [6.07, 6.45) is 4.68. The second kappa shape index (κ2) is 12.0. The van der Waals surface area contributed by atoms with Crippen LogP contribution in [-0.2, 0) is 14.3 Å². The van der Waals surface area contributed by atoms with Crippen LogP contribution in [0.2, 0.25) is 0 Å². The van der Waals surface area contributed by atoms with Crippen molar-refractivity contribution in [2.45, 2.75) is 20.0 Å². The van der Waals surface area contributed by atoms with Crippen LogP contribution in [0.3, 0.4) is 0 Å². The van der Waals surface area contributed by atoms with E-state index in [-0.39, 0.29) is 23.4 Å². The van der Waals surface area contributed by atoms with Gasteiger partial charge in [-0.2, -0.15) is 28.8 Å². The molecule has 25 heavy (non-hydrogen) atoms. The summed E-state index contributed by atoms with van der Waals surface area (Å²) >= 11 is 3.66. The van der Waals surface area contributed by atoms with Crippen LogP contribution in [0, 0.1) is 11.3 Å². The maximum atomic E-state index is 11.7. The number of thioether (sulfide) groups is 2. The first-order valence-electron chi connectivity index (χ1n) is 7.94. The molecular weight excluding hydrogens is 356 g/mol. The van der Waals surface area contributed by atoms with Crippen LogP contribution in [0.5, 0.6) is 0 Å². The average Bonchev–Trinajstić information content (AvgIpc) is 2.53. The van der Waals surface area contributed by atoms with Crippen molar-refractivity contribution in [3.63, 3.8) is 0 Å². The zero-order valence-corrected chi connectivity index (χ0v) is 16.3. The van der Waals surface area contributed by atoms with E-state index >= 15 is 0 Å². The fraction of sp³-hybridized carbons (Fsp3) is 0.500. The Morgan fingerprint density at radius 3 is 2.52 bits per heavy atom. The Morgan fingerprint density at radius 1 is 1.36 bits per heavy atom. The van der Waals surface area contributed by atoms with Crippen LogP contribution in [0.25, 0.3) is 0 Å². The summed E-state index contributed by atoms with van der Waals surface area (Å²) < 4.78 is 5.90. The van der Waals surface area contributed by atoms with Crippen LogP contribution in [0.1, 0.15) is 13.8 Å². The molecule has 1 heterocycles. The minimum absolute atomic E-state index is 0.0566. The number of allylic oxidation sites excluding steroid dienone is 3. The molecule has 7 heteroatoms. The number of carbonyl (C=O) groups is 2. The minimum Gasteiger partial charge on any atom is -0.375 e. The van der Waals surface area contributed by atoms with Gasteiger partial charge in [-0.15, -0.1) is 0 Å². The van der Waals surface area contributed by atoms with Gasteiger partial charge in [0.1, 0.15) is 6.07 Å². The number of nitrogens with zero attached hydrogens (tertiary/aromatic N) is 2. The molecule has 136 valence electrons. The van der Waals surface area contributed by atoms with Crippen LogP contribution < -0.4 is 0 Å². The Kier molecular flexibility index (Phi) is 10.3. The Hall–Kier alpha value is -1.49. The molecule has 1 aliphatic rings. The summed E-state index contributed by atoms with van der Waals surface area (Å²) in [7, 11) is 0. The molecule has 1 amide bonds. The van der Waals surface area contributed by atoms with Crippen molar-refractivity contribution in [1.82, 2.24) is 4.90 Å². The van der Waals surface area contributed by atoms with E-state index in [0.717, 1.165) is 23.0 Å². The average molecular weight is 381 g/mol. The van der Waals surface area contributed by atoms with Crippen molar-refractivity contribution in [3.05, 3.63) is 36.1 Å². The van der Waals surface area contributed by atoms with E-state index in [4.69, 9.17) is 10.00 Å². The van der Waals surface area contributed by atoms with Gasteiger partial charge in [0.2, 0.25) is 5.91 Å². The van der Waals surface area contributed by atoms with Gasteiger partial charge in [-0.1, -0.05) is 12.2 Å². The van der Waals surface area contributed by atoms with Gasteiger partial charge in [-0.3, -0.25) is 9.59 Å². The van der Waals surface area contributed by atoms with Crippen molar-refractivity contribution >= 4 is 35.2 Å². The van der Waals surface area contributed by atoms with Gasteiger partial charge >= 0.3 is 0 Å². The van der Waals surface area contributed by atoms with E-state index in [1.807, 2.05) is 29.6 Å². The van der Waals surface area contributed by atoms with Gasteiger partial charge in [-0.05, 0) is 19.1 Å². The maximum Gasteiger partial charge on any atom is 0.223 e. The largest absolute Gasteiger partial charge is 0.375 e. The van der Waals surface area contributed by atoms with Gasteiger partial charge in [0.25, 0.3) is 0 Å². The lowest BCUT2D eigenvalue weighted by Crippen LogP contribution is -2.30. The van der Waals surface area contributed by atoms with Crippen LogP contribution in [-0.4, -0.2) is 58.9 Å². The quantitative estimate of drug-likeness (QED) is 0.293. The number of nitriles is 1. The molecule has 0 unspecified atom stereocenters. The van der Waals surface area contributed by atoms with Crippen LogP contribution in [0.15, 0.2) is 36.1 Å². The van der Waals surface area contributed by atoms with Crippen molar-refractivity contribution in [2.75, 3.05) is 36.2 Å². The lowest BCUT2D eigenvalue weighted by molar-refractivity contribution is -0.127. The standard InChI is InChI=1S/C18H24N2O3S2/c1-14-10-24-12-18(13-25-11-14)23-8-7-20(16(3)22)6-4-5-17(9-19)15(2)21/h4-6,18H,1,7-8,10-13H2,2-3H3/b6-4+,17-5+. The molecule has 0 aromatic carbocycles. The van der Waals surface area contributed by atoms with E-state index in [0.29, 0.717) is 13.2 Å². The number of hydrogen-bond donors (Lipinski definition) is 0. The zero-order chi connectivity index (χ0) is 18.7. The van der Waals surface area contributed by atoms with Gasteiger partial charge in [0, 0.05) is 42.7 Å². The number of amides is 1. The molecule has 0 bridgehead atoms. The Morgan fingerprint density at radius 2 is 2.00 bits per heavy atom. The van der Waals surface area contributed by atoms with Gasteiger partial charge in [0.05, 0.1) is 18.3 Å². The number of carbonyl (C=O) groups excluding carboxylic acids is 2. The molecule has 1 fully saturated rings. The highest BCUT2D eigenvalue weighted by molar-refractivity contribution is 8.01. The number of ether oxygens (including phenoxy) is 1. The Balaban J connectivity index is 2.48. The fourth-order valence-corrected chi connectivity index (χ4v) is 4.24. The molecule has 0 aliphatic carbocycles. The lowest BCUT2D eigenvalue weighted by Gasteiger charge is -2.22. The summed E-state index contributed by atoms with van der Waals surface area (Å²) in [6.45, 7) is 7.70. The SMILES string of the molecule is C=C1CSCC(OCCN(/C=C/C=C(\C#N)C(C)=O)C(C)=O)CSC1. The van der Waals surface area contributed by atoms with E-state index < -0.39 is 0 Å². The number of Topliss-reactive ketones (excluding diaryl/α,β-unsaturated/α-hetero) is 1. The third kappa shape index (κ3) is 8.96. The maximum absolute atomic E-state index is 11.7. The first-order valence-corrected chi connectivity index (χ1v) is 10.3. The zero-order valence-electron chi connectivity index (χ0n) is 14.7. The predicted molar refractivity (Wildman–Crippen MR) is 104 cm³/mol. The highest BCUT2D eigenvalue weighted by atomic mass is 32.2. The number of ketones is 1. The molecule has 0 spiro atoms. The van der Waals surface area contributed by atoms with Crippen LogP contribution in [0.4, 0.5) is 0 Å². The molecule has 0 atom stereocenters. The number of hydrogen-bond acceptors (Lipinski definition) is 6. The van der Waals surface area contributed by atoms with Gasteiger partial charge in [0.15, 0.2) is 5.78 Å². The van der Waals surface area contributed by atoms with Crippen molar-refractivity contribution in [3.8, 4) is 6.07 Å². The summed E-state index contributed by atoms with van der Waals surface area (Å²) in [5.41, 5.74) is 1.32. The molecule has 0 saturated carbocycles. The molecule has 0 aromatic rings. The third-order valence-corrected chi connectivity index (χ3v) is 5.78. The van der Waals surface area contributed by atoms with Gasteiger partial charge < -0.3 is 9.64 Å². The van der Waals surface area contributed by atoms with Crippen molar-refractivity contribution < 1.29 is 14.3 Å². The van der Waals surface area contributed by atoms with Gasteiger partial charge in [-0.25, -0.2) is 0 Å². The molecule has 0 aromatic heterocycles. The molecule has 0 N–H and O–H groups in total. The summed E-state index contributed by atoms with van der Waals surface area (Å²) in [5.74, 6) is 3.38. The molecule has 1 aliphatic heterocycles. The highest BCUT2D eigenvalue weighted by Crippen LogP contribution is 2.20. The molecule has 1 saturated heterocycles. The summed E-state index contributed by atoms with van der Waals surface area (Å²) in [5, 5.41) is 8.83. The Bertz CT molecular complexity index is 582. The van der Waals surface area contributed by atoms with E-state index in [1.165, 1.54) is 36.5 Å².